The second kappa shape index (κ2) is 7.09. The lowest BCUT2D eigenvalue weighted by Gasteiger charge is -2.43. The number of carbonyl (C=O) groups is 1. The highest BCUT2D eigenvalue weighted by Gasteiger charge is 2.39. The van der Waals surface area contributed by atoms with Crippen LogP contribution in [0, 0.1) is 0 Å². The van der Waals surface area contributed by atoms with Crippen LogP contribution in [0.4, 0.5) is 0 Å². The molecule has 146 valence electrons. The SMILES string of the molecule is O=C(NC1CCOC2(CCCCC2)C1)c1cn[nH]c1-c1cc2ccccc2o1. The van der Waals surface area contributed by atoms with Gasteiger partial charge in [0, 0.05) is 18.0 Å². The van der Waals surface area contributed by atoms with Gasteiger partial charge in [-0.25, -0.2) is 0 Å². The average molecular weight is 379 g/mol. The molecule has 6 nitrogen and oxygen atoms in total. The summed E-state index contributed by atoms with van der Waals surface area (Å²) in [6.45, 7) is 0.715. The van der Waals surface area contributed by atoms with Crippen LogP contribution in [0.15, 0.2) is 40.9 Å². The molecular formula is C22H25N3O3. The predicted octanol–water partition coefficient (Wildman–Crippen LogP) is 4.43. The summed E-state index contributed by atoms with van der Waals surface area (Å²) in [4.78, 5) is 13.0. The Bertz CT molecular complexity index is 945. The van der Waals surface area contributed by atoms with Gasteiger partial charge in [0.15, 0.2) is 5.76 Å². The maximum absolute atomic E-state index is 13.0. The summed E-state index contributed by atoms with van der Waals surface area (Å²) >= 11 is 0. The summed E-state index contributed by atoms with van der Waals surface area (Å²) in [7, 11) is 0. The van der Waals surface area contributed by atoms with Crippen molar-refractivity contribution in [3.05, 3.63) is 42.1 Å². The molecule has 2 N–H and O–H groups in total. The van der Waals surface area contributed by atoms with Crippen LogP contribution >= 0.6 is 0 Å². The van der Waals surface area contributed by atoms with E-state index in [1.807, 2.05) is 30.3 Å². The number of carbonyl (C=O) groups excluding carboxylic acids is 1. The summed E-state index contributed by atoms with van der Waals surface area (Å²) in [6.07, 6.45) is 9.27. The number of aromatic nitrogens is 2. The number of nitrogens with one attached hydrogen (secondary N) is 2. The molecule has 0 bridgehead atoms. The number of benzene rings is 1. The number of rotatable bonds is 3. The Kier molecular flexibility index (Phi) is 4.43. The first-order chi connectivity index (χ1) is 13.7. The average Bonchev–Trinajstić information content (AvgIpc) is 3.35. The highest BCUT2D eigenvalue weighted by Crippen LogP contribution is 2.38. The van der Waals surface area contributed by atoms with E-state index < -0.39 is 0 Å². The van der Waals surface area contributed by atoms with Crippen LogP contribution in [0.25, 0.3) is 22.4 Å². The van der Waals surface area contributed by atoms with Crippen molar-refractivity contribution in [1.29, 1.82) is 0 Å². The summed E-state index contributed by atoms with van der Waals surface area (Å²) < 4.78 is 12.1. The molecule has 1 aromatic carbocycles. The van der Waals surface area contributed by atoms with Crippen LogP contribution in [-0.2, 0) is 4.74 Å². The minimum atomic E-state index is -0.109. The quantitative estimate of drug-likeness (QED) is 0.705. The lowest BCUT2D eigenvalue weighted by Crippen LogP contribution is -2.49. The maximum Gasteiger partial charge on any atom is 0.255 e. The summed E-state index contributed by atoms with van der Waals surface area (Å²) in [5, 5.41) is 11.2. The molecule has 1 aliphatic carbocycles. The highest BCUT2D eigenvalue weighted by molar-refractivity contribution is 6.00. The van der Waals surface area contributed by atoms with E-state index in [1.165, 1.54) is 19.3 Å². The molecule has 2 fully saturated rings. The first kappa shape index (κ1) is 17.5. The molecule has 1 atom stereocenters. The molecule has 1 aliphatic heterocycles. The van der Waals surface area contributed by atoms with Gasteiger partial charge in [0.25, 0.3) is 5.91 Å². The molecule has 28 heavy (non-hydrogen) atoms. The molecule has 3 heterocycles. The minimum absolute atomic E-state index is 0.0353. The number of hydrogen-bond donors (Lipinski definition) is 2. The number of amides is 1. The zero-order valence-electron chi connectivity index (χ0n) is 15.9. The zero-order valence-corrected chi connectivity index (χ0v) is 15.9. The number of nitrogens with zero attached hydrogens (tertiary/aromatic N) is 1. The molecule has 3 aromatic rings. The number of H-pyrrole nitrogens is 1. The van der Waals surface area contributed by atoms with Crippen molar-refractivity contribution in [2.24, 2.45) is 0 Å². The number of aromatic amines is 1. The largest absolute Gasteiger partial charge is 0.454 e. The van der Waals surface area contributed by atoms with E-state index >= 15 is 0 Å². The second-order valence-corrected chi connectivity index (χ2v) is 8.06. The molecule has 1 amide bonds. The molecule has 1 unspecified atom stereocenters. The van der Waals surface area contributed by atoms with Crippen LogP contribution in [0.2, 0.25) is 0 Å². The lowest BCUT2D eigenvalue weighted by atomic mass is 9.78. The van der Waals surface area contributed by atoms with Gasteiger partial charge in [-0.2, -0.15) is 5.10 Å². The number of hydrogen-bond acceptors (Lipinski definition) is 4. The van der Waals surface area contributed by atoms with Gasteiger partial charge in [-0.3, -0.25) is 9.89 Å². The van der Waals surface area contributed by atoms with E-state index in [4.69, 9.17) is 9.15 Å². The minimum Gasteiger partial charge on any atom is -0.454 e. The van der Waals surface area contributed by atoms with Gasteiger partial charge in [0.2, 0.25) is 0 Å². The summed E-state index contributed by atoms with van der Waals surface area (Å²) in [5.41, 5.74) is 1.89. The van der Waals surface area contributed by atoms with E-state index in [1.54, 1.807) is 6.20 Å². The van der Waals surface area contributed by atoms with Crippen LogP contribution < -0.4 is 5.32 Å². The van der Waals surface area contributed by atoms with Crippen molar-refractivity contribution in [2.75, 3.05) is 6.61 Å². The molecule has 1 spiro atoms. The van der Waals surface area contributed by atoms with Gasteiger partial charge in [0.1, 0.15) is 11.3 Å². The monoisotopic (exact) mass is 379 g/mol. The number of fused-ring (bicyclic) bond motifs is 1. The third-order valence-electron chi connectivity index (χ3n) is 6.15. The Hall–Kier alpha value is -2.60. The maximum atomic E-state index is 13.0. The third-order valence-corrected chi connectivity index (χ3v) is 6.15. The second-order valence-electron chi connectivity index (χ2n) is 8.06. The van der Waals surface area contributed by atoms with E-state index in [-0.39, 0.29) is 17.6 Å². The van der Waals surface area contributed by atoms with Gasteiger partial charge in [-0.15, -0.1) is 0 Å². The van der Waals surface area contributed by atoms with Crippen LogP contribution in [-0.4, -0.2) is 34.4 Å². The molecule has 0 radical (unpaired) electrons. The van der Waals surface area contributed by atoms with Crippen LogP contribution in [0.3, 0.4) is 0 Å². The zero-order chi connectivity index (χ0) is 19.0. The fourth-order valence-corrected chi connectivity index (χ4v) is 4.71. The molecular weight excluding hydrogens is 354 g/mol. The lowest BCUT2D eigenvalue weighted by molar-refractivity contribution is -0.107. The fourth-order valence-electron chi connectivity index (χ4n) is 4.71. The van der Waals surface area contributed by atoms with Crippen molar-refractivity contribution in [1.82, 2.24) is 15.5 Å². The molecule has 2 aromatic heterocycles. The van der Waals surface area contributed by atoms with Gasteiger partial charge < -0.3 is 14.5 Å². The number of para-hydroxylation sites is 1. The molecule has 5 rings (SSSR count). The third kappa shape index (κ3) is 3.22. The van der Waals surface area contributed by atoms with Gasteiger partial charge in [0.05, 0.1) is 17.4 Å². The van der Waals surface area contributed by atoms with E-state index in [9.17, 15) is 4.79 Å². The summed E-state index contributed by atoms with van der Waals surface area (Å²) in [5.74, 6) is 0.515. The smallest absolute Gasteiger partial charge is 0.255 e. The normalized spacial score (nSPS) is 21.8. The van der Waals surface area contributed by atoms with E-state index in [2.05, 4.69) is 15.5 Å². The van der Waals surface area contributed by atoms with Gasteiger partial charge >= 0.3 is 0 Å². The summed E-state index contributed by atoms with van der Waals surface area (Å²) in [6, 6.07) is 9.88. The molecule has 2 aliphatic rings. The Morgan fingerprint density at radius 3 is 2.93 bits per heavy atom. The van der Waals surface area contributed by atoms with Gasteiger partial charge in [-0.1, -0.05) is 37.5 Å². The van der Waals surface area contributed by atoms with Crippen molar-refractivity contribution in [2.45, 2.75) is 56.6 Å². The van der Waals surface area contributed by atoms with Crippen LogP contribution in [0.5, 0.6) is 0 Å². The first-order valence-electron chi connectivity index (χ1n) is 10.2. The Balaban J connectivity index is 1.34. The number of ether oxygens (including phenoxy) is 1. The van der Waals surface area contributed by atoms with Crippen molar-refractivity contribution in [3.63, 3.8) is 0 Å². The highest BCUT2D eigenvalue weighted by atomic mass is 16.5. The Morgan fingerprint density at radius 1 is 1.21 bits per heavy atom. The van der Waals surface area contributed by atoms with Crippen LogP contribution in [0.1, 0.15) is 55.3 Å². The van der Waals surface area contributed by atoms with Crippen molar-refractivity contribution >= 4 is 16.9 Å². The van der Waals surface area contributed by atoms with E-state index in [0.29, 0.717) is 23.6 Å². The van der Waals surface area contributed by atoms with Gasteiger partial charge in [-0.05, 0) is 37.8 Å². The number of furan rings is 1. The Morgan fingerprint density at radius 2 is 2.07 bits per heavy atom. The van der Waals surface area contributed by atoms with Crippen molar-refractivity contribution in [3.8, 4) is 11.5 Å². The van der Waals surface area contributed by atoms with E-state index in [0.717, 1.165) is 36.7 Å². The first-order valence-corrected chi connectivity index (χ1v) is 10.2. The van der Waals surface area contributed by atoms with Crippen molar-refractivity contribution < 1.29 is 13.9 Å². The standard InChI is InChI=1S/C22H25N3O3/c26-21(24-16-8-11-27-22(13-16)9-4-1-5-10-22)17-14-23-25-20(17)19-12-15-6-2-3-7-18(15)28-19/h2-3,6-7,12,14,16H,1,4-5,8-11,13H2,(H,23,25)(H,24,26). The molecule has 6 heteroatoms. The molecule has 1 saturated carbocycles. The predicted molar refractivity (Wildman–Crippen MR) is 106 cm³/mol. The Labute approximate surface area is 163 Å². The molecule has 1 saturated heterocycles. The topological polar surface area (TPSA) is 80.1 Å². The fraction of sp³-hybridized carbons (Fsp3) is 0.455.